The molecule has 0 unspecified atom stereocenters. The summed E-state index contributed by atoms with van der Waals surface area (Å²) in [5.41, 5.74) is 4.94. The quantitative estimate of drug-likeness (QED) is 0.147. The molecule has 3 N–H and O–H groups in total. The van der Waals surface area contributed by atoms with Crippen LogP contribution >= 0.6 is 11.6 Å². The number of benzene rings is 3. The Bertz CT molecular complexity index is 1560. The SMILES string of the molecule is Cc1cc(C(=O)O)ccc1-c1ccc([C@@H](C/C(=N\O)c2c[nH]c(=O)c(C)c2)c2ccc(Cl)cc2F)cc1. The Hall–Kier alpha value is -4.23. The lowest BCUT2D eigenvalue weighted by atomic mass is 9.84. The molecule has 0 amide bonds. The van der Waals surface area contributed by atoms with Crippen molar-refractivity contribution in [2.24, 2.45) is 5.16 Å². The zero-order valence-electron chi connectivity index (χ0n) is 20.1. The number of halogens is 2. The van der Waals surface area contributed by atoms with Gasteiger partial charge in [0.15, 0.2) is 0 Å². The first-order valence-corrected chi connectivity index (χ1v) is 11.9. The molecule has 0 fully saturated rings. The molecule has 37 heavy (non-hydrogen) atoms. The van der Waals surface area contributed by atoms with Crippen LogP contribution in [0.1, 0.15) is 50.5 Å². The lowest BCUT2D eigenvalue weighted by Gasteiger charge is -2.20. The van der Waals surface area contributed by atoms with E-state index in [1.54, 1.807) is 43.3 Å². The molecule has 0 radical (unpaired) electrons. The maximum atomic E-state index is 15.1. The van der Waals surface area contributed by atoms with Crippen molar-refractivity contribution < 1.29 is 19.5 Å². The van der Waals surface area contributed by atoms with E-state index < -0.39 is 17.7 Å². The van der Waals surface area contributed by atoms with Gasteiger partial charge in [-0.2, -0.15) is 0 Å². The van der Waals surface area contributed by atoms with E-state index in [4.69, 9.17) is 11.6 Å². The summed E-state index contributed by atoms with van der Waals surface area (Å²) < 4.78 is 15.1. The van der Waals surface area contributed by atoms with E-state index in [0.717, 1.165) is 22.3 Å². The highest BCUT2D eigenvalue weighted by Gasteiger charge is 2.23. The molecule has 0 aliphatic heterocycles. The van der Waals surface area contributed by atoms with Crippen LogP contribution in [0.5, 0.6) is 0 Å². The van der Waals surface area contributed by atoms with E-state index in [9.17, 15) is 19.9 Å². The van der Waals surface area contributed by atoms with Crippen LogP contribution in [0.15, 0.2) is 82.9 Å². The van der Waals surface area contributed by atoms with Crippen molar-refractivity contribution in [2.45, 2.75) is 26.2 Å². The normalized spacial score (nSPS) is 12.4. The highest BCUT2D eigenvalue weighted by molar-refractivity contribution is 6.30. The summed E-state index contributed by atoms with van der Waals surface area (Å²) in [6, 6.07) is 18.5. The Morgan fingerprint density at radius 1 is 1.00 bits per heavy atom. The number of hydrogen-bond donors (Lipinski definition) is 3. The first kappa shape index (κ1) is 25.9. The third-order valence-corrected chi connectivity index (χ3v) is 6.61. The number of aromatic nitrogens is 1. The van der Waals surface area contributed by atoms with Gasteiger partial charge in [-0.15, -0.1) is 0 Å². The molecule has 1 atom stereocenters. The first-order valence-electron chi connectivity index (χ1n) is 11.5. The molecule has 188 valence electrons. The van der Waals surface area contributed by atoms with Gasteiger partial charge in [0.2, 0.25) is 0 Å². The smallest absolute Gasteiger partial charge is 0.335 e. The largest absolute Gasteiger partial charge is 0.478 e. The molecule has 0 aliphatic carbocycles. The second-order valence-corrected chi connectivity index (χ2v) is 9.26. The molecule has 1 aromatic heterocycles. The average Bonchev–Trinajstić information content (AvgIpc) is 2.87. The molecular formula is C29H24ClFN2O4. The number of hydrogen-bond acceptors (Lipinski definition) is 4. The fourth-order valence-electron chi connectivity index (χ4n) is 4.38. The first-order chi connectivity index (χ1) is 17.7. The molecule has 3 aromatic carbocycles. The Kier molecular flexibility index (Phi) is 7.55. The minimum atomic E-state index is -0.989. The summed E-state index contributed by atoms with van der Waals surface area (Å²) in [6.45, 7) is 3.50. The van der Waals surface area contributed by atoms with Gasteiger partial charge in [0.05, 0.1) is 11.3 Å². The van der Waals surface area contributed by atoms with Gasteiger partial charge < -0.3 is 15.3 Å². The van der Waals surface area contributed by atoms with Gasteiger partial charge in [-0.1, -0.05) is 53.2 Å². The molecule has 1 heterocycles. The van der Waals surface area contributed by atoms with Crippen LogP contribution in [-0.2, 0) is 0 Å². The molecule has 4 rings (SSSR count). The van der Waals surface area contributed by atoms with Crippen LogP contribution in [0.3, 0.4) is 0 Å². The zero-order chi connectivity index (χ0) is 26.7. The fraction of sp³-hybridized carbons (Fsp3) is 0.138. The second kappa shape index (κ2) is 10.8. The summed E-state index contributed by atoms with van der Waals surface area (Å²) in [7, 11) is 0. The Balaban J connectivity index is 1.74. The van der Waals surface area contributed by atoms with Crippen LogP contribution < -0.4 is 5.56 Å². The van der Waals surface area contributed by atoms with Crippen molar-refractivity contribution in [3.05, 3.63) is 128 Å². The number of aromatic amines is 1. The van der Waals surface area contributed by atoms with Crippen molar-refractivity contribution in [2.75, 3.05) is 0 Å². The Labute approximate surface area is 217 Å². The zero-order valence-corrected chi connectivity index (χ0v) is 20.9. The molecule has 4 aromatic rings. The number of aryl methyl sites for hydroxylation is 2. The van der Waals surface area contributed by atoms with Crippen LogP contribution in [0.25, 0.3) is 11.1 Å². The second-order valence-electron chi connectivity index (χ2n) is 8.83. The van der Waals surface area contributed by atoms with Crippen molar-refractivity contribution in [1.29, 1.82) is 0 Å². The molecule has 0 saturated heterocycles. The number of rotatable bonds is 7. The van der Waals surface area contributed by atoms with Crippen molar-refractivity contribution >= 4 is 23.3 Å². The molecule has 0 saturated carbocycles. The molecule has 6 nitrogen and oxygen atoms in total. The van der Waals surface area contributed by atoms with Gasteiger partial charge in [0.1, 0.15) is 5.82 Å². The van der Waals surface area contributed by atoms with Gasteiger partial charge in [0.25, 0.3) is 5.56 Å². The van der Waals surface area contributed by atoms with Gasteiger partial charge in [-0.3, -0.25) is 4.79 Å². The van der Waals surface area contributed by atoms with E-state index in [0.29, 0.717) is 16.7 Å². The lowest BCUT2D eigenvalue weighted by molar-refractivity contribution is 0.0696. The maximum absolute atomic E-state index is 15.1. The number of aromatic carboxylic acids is 1. The fourth-order valence-corrected chi connectivity index (χ4v) is 4.54. The van der Waals surface area contributed by atoms with E-state index in [1.807, 2.05) is 31.2 Å². The number of oxime groups is 1. The maximum Gasteiger partial charge on any atom is 0.335 e. The number of carboxylic acid groups (broad SMARTS) is 1. The topological polar surface area (TPSA) is 103 Å². The number of carboxylic acids is 1. The number of nitrogens with zero attached hydrogens (tertiary/aromatic N) is 1. The number of carbonyl (C=O) groups is 1. The minimum absolute atomic E-state index is 0.145. The lowest BCUT2D eigenvalue weighted by Crippen LogP contribution is -2.15. The van der Waals surface area contributed by atoms with Crippen molar-refractivity contribution in [3.8, 4) is 11.1 Å². The van der Waals surface area contributed by atoms with Crippen LogP contribution in [0, 0.1) is 19.7 Å². The predicted molar refractivity (Wildman–Crippen MR) is 142 cm³/mol. The van der Waals surface area contributed by atoms with Crippen molar-refractivity contribution in [1.82, 2.24) is 4.98 Å². The average molecular weight is 519 g/mol. The summed E-state index contributed by atoms with van der Waals surface area (Å²) >= 11 is 5.99. The summed E-state index contributed by atoms with van der Waals surface area (Å²) in [4.78, 5) is 25.7. The summed E-state index contributed by atoms with van der Waals surface area (Å²) in [6.07, 6.45) is 1.61. The molecule has 8 heteroatoms. The summed E-state index contributed by atoms with van der Waals surface area (Å²) in [5, 5.41) is 22.8. The molecule has 0 spiro atoms. The third-order valence-electron chi connectivity index (χ3n) is 6.38. The monoisotopic (exact) mass is 518 g/mol. The van der Waals surface area contributed by atoms with Gasteiger partial charge in [-0.25, -0.2) is 9.18 Å². The minimum Gasteiger partial charge on any atom is -0.478 e. The van der Waals surface area contributed by atoms with Crippen LogP contribution in [0.2, 0.25) is 5.02 Å². The number of nitrogens with one attached hydrogen (secondary N) is 1. The van der Waals surface area contributed by atoms with Gasteiger partial charge >= 0.3 is 5.97 Å². The number of pyridine rings is 1. The van der Waals surface area contributed by atoms with Gasteiger partial charge in [0, 0.05) is 34.7 Å². The Morgan fingerprint density at radius 2 is 1.70 bits per heavy atom. The standard InChI is InChI=1S/C29H24ClFN2O4/c1-16-11-20(29(35)36)7-9-23(16)18-3-5-19(6-4-18)25(24-10-8-22(30)13-26(24)31)14-27(33-37)21-12-17(2)28(34)32-15-21/h3-13,15,25,37H,14H2,1-2H3,(H,32,34)(H,35,36)/b33-27+/t25-/m1/s1. The van der Waals surface area contributed by atoms with Crippen LogP contribution in [0.4, 0.5) is 4.39 Å². The highest BCUT2D eigenvalue weighted by atomic mass is 35.5. The third kappa shape index (κ3) is 5.62. The van der Waals surface area contributed by atoms with E-state index in [-0.39, 0.29) is 28.3 Å². The predicted octanol–water partition coefficient (Wildman–Crippen LogP) is 6.55. The van der Waals surface area contributed by atoms with E-state index in [1.165, 1.54) is 12.3 Å². The number of H-pyrrole nitrogens is 1. The van der Waals surface area contributed by atoms with Crippen LogP contribution in [-0.4, -0.2) is 27.0 Å². The van der Waals surface area contributed by atoms with Gasteiger partial charge in [-0.05, 0) is 72.0 Å². The molecular weight excluding hydrogens is 495 g/mol. The van der Waals surface area contributed by atoms with E-state index >= 15 is 4.39 Å². The molecule has 0 aliphatic rings. The molecule has 0 bridgehead atoms. The van der Waals surface area contributed by atoms with E-state index in [2.05, 4.69) is 10.1 Å². The van der Waals surface area contributed by atoms with Crippen molar-refractivity contribution in [3.63, 3.8) is 0 Å². The summed E-state index contributed by atoms with van der Waals surface area (Å²) in [5.74, 6) is -2.01. The highest BCUT2D eigenvalue weighted by Crippen LogP contribution is 2.34. The Morgan fingerprint density at radius 3 is 2.30 bits per heavy atom.